The summed E-state index contributed by atoms with van der Waals surface area (Å²) in [6.45, 7) is 2.42. The SMILES string of the molecule is Cc1ccc(C=CC[NH])cc1. The Kier molecular flexibility index (Phi) is 2.87. The van der Waals surface area contributed by atoms with Crippen molar-refractivity contribution in [3.8, 4) is 0 Å². The van der Waals surface area contributed by atoms with Crippen LogP contribution < -0.4 is 5.73 Å². The van der Waals surface area contributed by atoms with E-state index in [1.54, 1.807) is 0 Å². The lowest BCUT2D eigenvalue weighted by Gasteiger charge is -1.93. The van der Waals surface area contributed by atoms with Gasteiger partial charge in [0.2, 0.25) is 0 Å². The van der Waals surface area contributed by atoms with Crippen molar-refractivity contribution in [1.82, 2.24) is 5.73 Å². The van der Waals surface area contributed by atoms with Gasteiger partial charge in [0.15, 0.2) is 0 Å². The minimum absolute atomic E-state index is 0.355. The van der Waals surface area contributed by atoms with Crippen molar-refractivity contribution in [3.63, 3.8) is 0 Å². The predicted octanol–water partition coefficient (Wildman–Crippen LogP) is 2.29. The van der Waals surface area contributed by atoms with Crippen LogP contribution in [0.4, 0.5) is 0 Å². The van der Waals surface area contributed by atoms with Crippen LogP contribution in [-0.4, -0.2) is 6.54 Å². The molecule has 1 rings (SSSR count). The fraction of sp³-hybridized carbons (Fsp3) is 0.200. The summed E-state index contributed by atoms with van der Waals surface area (Å²) in [4.78, 5) is 0. The van der Waals surface area contributed by atoms with E-state index in [1.165, 1.54) is 11.1 Å². The highest BCUT2D eigenvalue weighted by molar-refractivity contribution is 5.49. The Hall–Kier alpha value is -1.08. The zero-order valence-corrected chi connectivity index (χ0v) is 6.67. The van der Waals surface area contributed by atoms with Gasteiger partial charge in [0.05, 0.1) is 0 Å². The molecule has 1 nitrogen and oxygen atoms in total. The van der Waals surface area contributed by atoms with Gasteiger partial charge in [-0.3, -0.25) is 5.73 Å². The second kappa shape index (κ2) is 3.94. The van der Waals surface area contributed by atoms with E-state index in [1.807, 2.05) is 12.2 Å². The molecule has 11 heavy (non-hydrogen) atoms. The van der Waals surface area contributed by atoms with Gasteiger partial charge in [-0.25, -0.2) is 0 Å². The van der Waals surface area contributed by atoms with E-state index in [-0.39, 0.29) is 0 Å². The van der Waals surface area contributed by atoms with Crippen molar-refractivity contribution in [1.29, 1.82) is 0 Å². The first-order chi connectivity index (χ1) is 5.33. The van der Waals surface area contributed by atoms with E-state index in [2.05, 4.69) is 31.2 Å². The normalized spacial score (nSPS) is 10.7. The molecule has 1 aromatic rings. The maximum Gasteiger partial charge on any atom is 0.0284 e. The molecule has 0 amide bonds. The van der Waals surface area contributed by atoms with Gasteiger partial charge in [-0.15, -0.1) is 0 Å². The largest absolute Gasteiger partial charge is 0.254 e. The van der Waals surface area contributed by atoms with Crippen molar-refractivity contribution in [2.45, 2.75) is 6.92 Å². The fourth-order valence-electron chi connectivity index (χ4n) is 0.873. The van der Waals surface area contributed by atoms with Gasteiger partial charge in [0.1, 0.15) is 0 Å². The molecule has 0 aliphatic heterocycles. The van der Waals surface area contributed by atoms with E-state index in [4.69, 9.17) is 5.73 Å². The quantitative estimate of drug-likeness (QED) is 0.611. The van der Waals surface area contributed by atoms with E-state index in [0.717, 1.165) is 0 Å². The summed E-state index contributed by atoms with van der Waals surface area (Å²) >= 11 is 0. The Morgan fingerprint density at radius 3 is 2.45 bits per heavy atom. The molecular weight excluding hydrogens is 134 g/mol. The van der Waals surface area contributed by atoms with Crippen LogP contribution in [0.25, 0.3) is 6.08 Å². The molecule has 0 atom stereocenters. The molecule has 57 valence electrons. The summed E-state index contributed by atoms with van der Waals surface area (Å²) in [6, 6.07) is 8.26. The second-order valence-electron chi connectivity index (χ2n) is 2.52. The number of nitrogens with one attached hydrogen (secondary N) is 1. The smallest absolute Gasteiger partial charge is 0.0284 e. The lowest BCUT2D eigenvalue weighted by Crippen LogP contribution is -1.76. The van der Waals surface area contributed by atoms with Crippen LogP contribution in [0.15, 0.2) is 30.3 Å². The molecule has 0 aliphatic carbocycles. The molecule has 1 radical (unpaired) electrons. The van der Waals surface area contributed by atoms with E-state index in [9.17, 15) is 0 Å². The monoisotopic (exact) mass is 146 g/mol. The zero-order valence-electron chi connectivity index (χ0n) is 6.67. The molecule has 0 saturated carbocycles. The summed E-state index contributed by atoms with van der Waals surface area (Å²) < 4.78 is 0. The Bertz CT molecular complexity index is 234. The topological polar surface area (TPSA) is 23.8 Å². The molecule has 1 aromatic carbocycles. The van der Waals surface area contributed by atoms with E-state index in [0.29, 0.717) is 6.54 Å². The minimum Gasteiger partial charge on any atom is -0.254 e. The first-order valence-corrected chi connectivity index (χ1v) is 3.71. The molecule has 0 heterocycles. The first-order valence-electron chi connectivity index (χ1n) is 3.71. The predicted molar refractivity (Wildman–Crippen MR) is 48.2 cm³/mol. The van der Waals surface area contributed by atoms with Gasteiger partial charge in [-0.05, 0) is 12.5 Å². The van der Waals surface area contributed by atoms with Gasteiger partial charge in [0.25, 0.3) is 0 Å². The molecule has 0 aliphatic rings. The van der Waals surface area contributed by atoms with Gasteiger partial charge in [-0.2, -0.15) is 0 Å². The van der Waals surface area contributed by atoms with E-state index >= 15 is 0 Å². The third kappa shape index (κ3) is 2.56. The van der Waals surface area contributed by atoms with Crippen LogP contribution in [0.1, 0.15) is 11.1 Å². The number of rotatable bonds is 2. The number of hydrogen-bond donors (Lipinski definition) is 0. The van der Waals surface area contributed by atoms with Crippen molar-refractivity contribution >= 4 is 6.08 Å². The molecule has 0 fully saturated rings. The standard InChI is InChI=1S/C10H12N/c1-9-4-6-10(7-5-9)3-2-8-11/h2-7,11H,8H2,1H3. The number of aryl methyl sites for hydroxylation is 1. The lowest BCUT2D eigenvalue weighted by atomic mass is 10.1. The number of hydrogen-bond acceptors (Lipinski definition) is 0. The molecule has 0 saturated heterocycles. The average molecular weight is 146 g/mol. The molecule has 0 aromatic heterocycles. The second-order valence-corrected chi connectivity index (χ2v) is 2.52. The van der Waals surface area contributed by atoms with Crippen LogP contribution in [0, 0.1) is 6.92 Å². The highest BCUT2D eigenvalue weighted by atomic mass is 14.5. The van der Waals surface area contributed by atoms with Gasteiger partial charge >= 0.3 is 0 Å². The highest BCUT2D eigenvalue weighted by Crippen LogP contribution is 2.04. The summed E-state index contributed by atoms with van der Waals surface area (Å²) in [5, 5.41) is 0. The van der Waals surface area contributed by atoms with Crippen molar-refractivity contribution in [2.75, 3.05) is 6.54 Å². The Labute approximate surface area is 67.5 Å². The Morgan fingerprint density at radius 1 is 1.27 bits per heavy atom. The molecule has 0 spiro atoms. The van der Waals surface area contributed by atoms with Crippen LogP contribution in [0.3, 0.4) is 0 Å². The zero-order chi connectivity index (χ0) is 8.10. The average Bonchev–Trinajstić information content (AvgIpc) is 2.04. The molecular formula is C10H12N. The Balaban J connectivity index is 2.73. The maximum atomic E-state index is 6.91. The van der Waals surface area contributed by atoms with Crippen LogP contribution >= 0.6 is 0 Å². The molecule has 1 heteroatoms. The summed E-state index contributed by atoms with van der Waals surface area (Å²) in [7, 11) is 0. The van der Waals surface area contributed by atoms with Gasteiger partial charge in [0, 0.05) is 6.54 Å². The van der Waals surface area contributed by atoms with Gasteiger partial charge < -0.3 is 0 Å². The third-order valence-electron chi connectivity index (χ3n) is 1.51. The van der Waals surface area contributed by atoms with Crippen LogP contribution in [0.5, 0.6) is 0 Å². The fourth-order valence-corrected chi connectivity index (χ4v) is 0.873. The first kappa shape index (κ1) is 8.02. The van der Waals surface area contributed by atoms with Gasteiger partial charge in [-0.1, -0.05) is 42.0 Å². The highest BCUT2D eigenvalue weighted by Gasteiger charge is 1.84. The molecule has 0 bridgehead atoms. The molecule has 0 unspecified atom stereocenters. The van der Waals surface area contributed by atoms with Crippen molar-refractivity contribution in [3.05, 3.63) is 41.5 Å². The minimum atomic E-state index is 0.355. The van der Waals surface area contributed by atoms with Crippen LogP contribution in [0.2, 0.25) is 0 Å². The van der Waals surface area contributed by atoms with Crippen molar-refractivity contribution in [2.24, 2.45) is 0 Å². The summed E-state index contributed by atoms with van der Waals surface area (Å²) in [5.41, 5.74) is 9.35. The molecule has 1 N–H and O–H groups in total. The maximum absolute atomic E-state index is 6.91. The van der Waals surface area contributed by atoms with E-state index < -0.39 is 0 Å². The summed E-state index contributed by atoms with van der Waals surface area (Å²) in [5.74, 6) is 0. The lowest BCUT2D eigenvalue weighted by molar-refractivity contribution is 1.20. The Morgan fingerprint density at radius 2 is 1.91 bits per heavy atom. The summed E-state index contributed by atoms with van der Waals surface area (Å²) in [6.07, 6.45) is 3.80. The van der Waals surface area contributed by atoms with Crippen LogP contribution in [-0.2, 0) is 0 Å². The van der Waals surface area contributed by atoms with Crippen molar-refractivity contribution < 1.29 is 0 Å². The number of benzene rings is 1. The third-order valence-corrected chi connectivity index (χ3v) is 1.51.